The van der Waals surface area contributed by atoms with Crippen LogP contribution >= 0.6 is 27.3 Å². The van der Waals surface area contributed by atoms with Crippen molar-refractivity contribution >= 4 is 39.0 Å². The number of halogens is 1. The topological polar surface area (TPSA) is 54.6 Å². The van der Waals surface area contributed by atoms with Crippen molar-refractivity contribution in [2.24, 2.45) is 4.99 Å². The van der Waals surface area contributed by atoms with Crippen LogP contribution in [0.2, 0.25) is 0 Å². The molecule has 0 radical (unpaired) electrons. The third-order valence-electron chi connectivity index (χ3n) is 6.26. The van der Waals surface area contributed by atoms with Gasteiger partial charge in [-0.25, -0.2) is 4.99 Å². The number of rotatable bonds is 2. The van der Waals surface area contributed by atoms with E-state index in [2.05, 4.69) is 46.3 Å². The maximum Gasteiger partial charge on any atom is 0.271 e. The zero-order valence-electron chi connectivity index (χ0n) is 17.5. The molecule has 1 aromatic heterocycles. The van der Waals surface area contributed by atoms with Crippen molar-refractivity contribution in [3.63, 3.8) is 0 Å². The van der Waals surface area contributed by atoms with Crippen LogP contribution in [-0.2, 0) is 6.42 Å². The van der Waals surface area contributed by atoms with Crippen molar-refractivity contribution in [1.82, 2.24) is 4.57 Å². The quantitative estimate of drug-likeness (QED) is 0.418. The van der Waals surface area contributed by atoms with Crippen LogP contribution in [0.3, 0.4) is 0 Å². The van der Waals surface area contributed by atoms with E-state index in [0.29, 0.717) is 14.9 Å². The van der Waals surface area contributed by atoms with Gasteiger partial charge in [-0.1, -0.05) is 81.9 Å². The fourth-order valence-electron chi connectivity index (χ4n) is 4.74. The third kappa shape index (κ3) is 3.41. The number of aryl methyl sites for hydroxylation is 1. The first-order valence-corrected chi connectivity index (χ1v) is 12.4. The maximum atomic E-state index is 13.7. The summed E-state index contributed by atoms with van der Waals surface area (Å²) in [5.41, 5.74) is 6.22. The van der Waals surface area contributed by atoms with Crippen molar-refractivity contribution in [1.29, 1.82) is 0 Å². The van der Waals surface area contributed by atoms with Gasteiger partial charge in [0.1, 0.15) is 5.75 Å². The summed E-state index contributed by atoms with van der Waals surface area (Å²) in [6, 6.07) is 23.6. The number of aromatic hydroxyl groups is 1. The summed E-state index contributed by atoms with van der Waals surface area (Å²) in [6.45, 7) is 0. The summed E-state index contributed by atoms with van der Waals surface area (Å²) in [5, 5.41) is 10.3. The normalized spacial score (nSPS) is 17.2. The molecule has 0 saturated carbocycles. The number of hydrogen-bond donors (Lipinski definition) is 1. The second-order valence-corrected chi connectivity index (χ2v) is 10.2. The van der Waals surface area contributed by atoms with E-state index in [0.717, 1.165) is 34.1 Å². The van der Waals surface area contributed by atoms with E-state index in [1.54, 1.807) is 18.2 Å². The van der Waals surface area contributed by atoms with Gasteiger partial charge < -0.3 is 5.11 Å². The highest BCUT2D eigenvalue weighted by molar-refractivity contribution is 9.10. The van der Waals surface area contributed by atoms with Crippen LogP contribution in [0.15, 0.2) is 92.6 Å². The fraction of sp³-hybridized carbons (Fsp3) is 0.111. The van der Waals surface area contributed by atoms with Crippen LogP contribution in [0.4, 0.5) is 0 Å². The van der Waals surface area contributed by atoms with Gasteiger partial charge >= 0.3 is 0 Å². The van der Waals surface area contributed by atoms with E-state index in [9.17, 15) is 9.90 Å². The van der Waals surface area contributed by atoms with Crippen LogP contribution in [0, 0.1) is 0 Å². The molecule has 1 atom stereocenters. The highest BCUT2D eigenvalue weighted by atomic mass is 79.9. The lowest BCUT2D eigenvalue weighted by molar-refractivity contribution is 0.474. The minimum Gasteiger partial charge on any atom is -0.507 e. The Morgan fingerprint density at radius 3 is 2.67 bits per heavy atom. The van der Waals surface area contributed by atoms with E-state index < -0.39 is 0 Å². The number of aromatic nitrogens is 1. The minimum absolute atomic E-state index is 0.0858. The molecule has 0 bridgehead atoms. The van der Waals surface area contributed by atoms with Crippen molar-refractivity contribution in [3.05, 3.63) is 125 Å². The second-order valence-electron chi connectivity index (χ2n) is 8.23. The monoisotopic (exact) mass is 514 g/mol. The fourth-order valence-corrected chi connectivity index (χ4v) is 6.11. The smallest absolute Gasteiger partial charge is 0.271 e. The van der Waals surface area contributed by atoms with E-state index in [4.69, 9.17) is 4.99 Å². The number of phenols is 1. The lowest BCUT2D eigenvalue weighted by Gasteiger charge is -2.30. The molecule has 0 unspecified atom stereocenters. The molecule has 0 amide bonds. The third-order valence-corrected chi connectivity index (χ3v) is 7.74. The second kappa shape index (κ2) is 7.97. The molecule has 3 aromatic carbocycles. The average Bonchev–Trinajstić information content (AvgIpc) is 3.15. The molecule has 2 aliphatic rings. The van der Waals surface area contributed by atoms with Crippen molar-refractivity contribution < 1.29 is 5.11 Å². The Hall–Kier alpha value is -3.22. The maximum absolute atomic E-state index is 13.7. The standard InChI is InChI=1S/C27H19BrN2O2S/c28-19-11-13-22(31)18(14-19)15-23-26(32)30-25(17-7-2-1-3-8-17)21-12-10-16-6-4-5-9-20(16)24(21)29-27(30)33-23/h1-9,11,13-15,25,31H,10,12H2/b23-15-/t25-/m1/s1. The molecule has 0 saturated heterocycles. The summed E-state index contributed by atoms with van der Waals surface area (Å²) in [4.78, 5) is 19.4. The van der Waals surface area contributed by atoms with Crippen LogP contribution in [0.5, 0.6) is 5.75 Å². The number of thiazole rings is 1. The van der Waals surface area contributed by atoms with Gasteiger partial charge in [-0.15, -0.1) is 0 Å². The first-order chi connectivity index (χ1) is 16.1. The van der Waals surface area contributed by atoms with E-state index >= 15 is 0 Å². The Balaban J connectivity index is 1.64. The SMILES string of the molecule is O=c1/c(=C/c2cc(Br)ccc2O)sc2n1[C@H](c1ccccc1)C1=C(N=2)c2ccccc2CC1. The summed E-state index contributed by atoms with van der Waals surface area (Å²) in [5.74, 6) is 0.136. The van der Waals surface area contributed by atoms with E-state index in [-0.39, 0.29) is 17.4 Å². The molecule has 33 heavy (non-hydrogen) atoms. The zero-order valence-corrected chi connectivity index (χ0v) is 19.9. The van der Waals surface area contributed by atoms with Gasteiger partial charge in [-0.05, 0) is 53.8 Å². The zero-order chi connectivity index (χ0) is 22.5. The Labute approximate surface area is 202 Å². The number of fused-ring (bicyclic) bond motifs is 3. The molecule has 162 valence electrons. The van der Waals surface area contributed by atoms with Crippen molar-refractivity contribution in [3.8, 4) is 5.75 Å². The molecule has 6 heteroatoms. The van der Waals surface area contributed by atoms with Crippen molar-refractivity contribution in [2.75, 3.05) is 0 Å². The van der Waals surface area contributed by atoms with E-state index in [1.807, 2.05) is 34.9 Å². The summed E-state index contributed by atoms with van der Waals surface area (Å²) in [6.07, 6.45) is 3.55. The largest absolute Gasteiger partial charge is 0.507 e. The molecule has 1 aliphatic carbocycles. The van der Waals surface area contributed by atoms with Crippen molar-refractivity contribution in [2.45, 2.75) is 18.9 Å². The molecule has 6 rings (SSSR count). The van der Waals surface area contributed by atoms with Gasteiger partial charge in [0.05, 0.1) is 16.3 Å². The lowest BCUT2D eigenvalue weighted by atomic mass is 9.83. The lowest BCUT2D eigenvalue weighted by Crippen LogP contribution is -2.38. The van der Waals surface area contributed by atoms with Gasteiger partial charge in [0.25, 0.3) is 5.56 Å². The molecule has 1 N–H and O–H groups in total. The molecular weight excluding hydrogens is 496 g/mol. The molecule has 1 aliphatic heterocycles. The first-order valence-electron chi connectivity index (χ1n) is 10.8. The molecular formula is C27H19BrN2O2S. The molecule has 0 spiro atoms. The van der Waals surface area contributed by atoms with Gasteiger partial charge in [0.15, 0.2) is 4.80 Å². The van der Waals surface area contributed by atoms with E-state index in [1.165, 1.54) is 22.5 Å². The van der Waals surface area contributed by atoms with Gasteiger partial charge in [-0.2, -0.15) is 0 Å². The molecule has 0 fully saturated rings. The highest BCUT2D eigenvalue weighted by Gasteiger charge is 2.32. The Kier molecular flexibility index (Phi) is 4.93. The predicted molar refractivity (Wildman–Crippen MR) is 135 cm³/mol. The highest BCUT2D eigenvalue weighted by Crippen LogP contribution is 2.41. The summed E-state index contributed by atoms with van der Waals surface area (Å²) in [7, 11) is 0. The average molecular weight is 515 g/mol. The van der Waals surface area contributed by atoms with Gasteiger partial charge in [0, 0.05) is 15.6 Å². The summed E-state index contributed by atoms with van der Waals surface area (Å²) >= 11 is 4.81. The summed E-state index contributed by atoms with van der Waals surface area (Å²) < 4.78 is 3.22. The number of phenolic OH excluding ortho intramolecular Hbond substituents is 1. The van der Waals surface area contributed by atoms with Crippen LogP contribution in [0.25, 0.3) is 11.8 Å². The number of nitrogens with zero attached hydrogens (tertiary/aromatic N) is 2. The van der Waals surface area contributed by atoms with Crippen LogP contribution in [0.1, 0.15) is 34.7 Å². The number of hydrogen-bond acceptors (Lipinski definition) is 4. The number of benzene rings is 3. The molecule has 4 aromatic rings. The Morgan fingerprint density at radius 2 is 1.82 bits per heavy atom. The Morgan fingerprint density at radius 1 is 1.03 bits per heavy atom. The van der Waals surface area contributed by atoms with Crippen LogP contribution < -0.4 is 14.9 Å². The molecule has 2 heterocycles. The Bertz CT molecular complexity index is 1620. The number of allylic oxidation sites excluding steroid dienone is 1. The minimum atomic E-state index is -0.191. The van der Waals surface area contributed by atoms with Gasteiger partial charge in [-0.3, -0.25) is 9.36 Å². The first kappa shape index (κ1) is 20.4. The predicted octanol–water partition coefficient (Wildman–Crippen LogP) is 4.79. The van der Waals surface area contributed by atoms with Crippen LogP contribution in [-0.4, -0.2) is 9.67 Å². The van der Waals surface area contributed by atoms with Gasteiger partial charge in [0.2, 0.25) is 0 Å². The molecule has 4 nitrogen and oxygen atoms in total.